The van der Waals surface area contributed by atoms with Gasteiger partial charge < -0.3 is 14.5 Å². The Labute approximate surface area is 166 Å². The molecular weight excluding hydrogens is 350 g/mol. The Kier molecular flexibility index (Phi) is 4.65. The third kappa shape index (κ3) is 3.45. The van der Waals surface area contributed by atoms with E-state index in [1.165, 1.54) is 32.1 Å². The Morgan fingerprint density at radius 3 is 2.32 bits per heavy atom. The lowest BCUT2D eigenvalue weighted by Crippen LogP contribution is -2.55. The maximum absolute atomic E-state index is 12.6. The van der Waals surface area contributed by atoms with Gasteiger partial charge in [0.2, 0.25) is 5.91 Å². The number of furan rings is 1. The Balaban J connectivity index is 1.15. The molecule has 4 aliphatic carbocycles. The van der Waals surface area contributed by atoms with Crippen molar-refractivity contribution in [2.45, 2.75) is 51.0 Å². The van der Waals surface area contributed by atoms with Gasteiger partial charge in [0.25, 0.3) is 0 Å². The van der Waals surface area contributed by atoms with Gasteiger partial charge in [-0.15, -0.1) is 0 Å². The highest BCUT2D eigenvalue weighted by Crippen LogP contribution is 2.53. The largest absolute Gasteiger partial charge is 0.497 e. The summed E-state index contributed by atoms with van der Waals surface area (Å²) in [6.45, 7) is 0. The highest BCUT2D eigenvalue weighted by atomic mass is 16.5. The summed E-state index contributed by atoms with van der Waals surface area (Å²) in [6.07, 6.45) is 7.93. The number of methoxy groups -OCH3 is 1. The zero-order valence-corrected chi connectivity index (χ0v) is 16.5. The third-order valence-corrected chi connectivity index (χ3v) is 7.19. The predicted molar refractivity (Wildman–Crippen MR) is 108 cm³/mol. The van der Waals surface area contributed by atoms with Crippen LogP contribution in [0.3, 0.4) is 0 Å². The van der Waals surface area contributed by atoms with Crippen LogP contribution in [0.4, 0.5) is 0 Å². The topological polar surface area (TPSA) is 51.5 Å². The van der Waals surface area contributed by atoms with Gasteiger partial charge in [0.05, 0.1) is 7.11 Å². The average Bonchev–Trinajstić information content (AvgIpc) is 3.18. The standard InChI is InChI=1S/C24H29NO3/c1-27-20-4-2-17(3-5-20)22-8-6-21(28-22)7-9-23(26)25-24-18-11-15-10-16(13-18)14-19(24)12-15/h2-6,8,15-16,18-19,24H,7,9-14H2,1H3,(H,25,26). The van der Waals surface area contributed by atoms with Crippen molar-refractivity contribution < 1.29 is 13.9 Å². The van der Waals surface area contributed by atoms with Gasteiger partial charge in [-0.1, -0.05) is 0 Å². The Morgan fingerprint density at radius 1 is 1.00 bits per heavy atom. The molecule has 6 rings (SSSR count). The molecule has 2 aromatic rings. The highest BCUT2D eigenvalue weighted by molar-refractivity contribution is 5.76. The fraction of sp³-hybridized carbons (Fsp3) is 0.542. The molecule has 4 fully saturated rings. The van der Waals surface area contributed by atoms with Crippen molar-refractivity contribution in [1.82, 2.24) is 5.32 Å². The van der Waals surface area contributed by atoms with Gasteiger partial charge >= 0.3 is 0 Å². The van der Waals surface area contributed by atoms with Crippen molar-refractivity contribution in [3.8, 4) is 17.1 Å². The molecule has 4 bridgehead atoms. The lowest BCUT2D eigenvalue weighted by Gasteiger charge is -2.54. The van der Waals surface area contributed by atoms with E-state index in [-0.39, 0.29) is 5.91 Å². The van der Waals surface area contributed by atoms with Crippen LogP contribution in [-0.4, -0.2) is 19.1 Å². The summed E-state index contributed by atoms with van der Waals surface area (Å²) in [4.78, 5) is 12.6. The first kappa shape index (κ1) is 17.8. The normalized spacial score (nSPS) is 30.4. The second-order valence-corrected chi connectivity index (χ2v) is 9.02. The molecule has 1 aromatic heterocycles. The number of amides is 1. The van der Waals surface area contributed by atoms with Crippen LogP contribution < -0.4 is 10.1 Å². The number of hydrogen-bond donors (Lipinski definition) is 1. The number of rotatable bonds is 6. The summed E-state index contributed by atoms with van der Waals surface area (Å²) in [7, 11) is 1.66. The summed E-state index contributed by atoms with van der Waals surface area (Å²) in [5.41, 5.74) is 1.02. The first-order chi connectivity index (χ1) is 13.7. The molecule has 148 valence electrons. The zero-order chi connectivity index (χ0) is 19.1. The van der Waals surface area contributed by atoms with E-state index in [1.54, 1.807) is 7.11 Å². The summed E-state index contributed by atoms with van der Waals surface area (Å²) in [5, 5.41) is 3.39. The van der Waals surface area contributed by atoms with Crippen LogP contribution in [0.25, 0.3) is 11.3 Å². The summed E-state index contributed by atoms with van der Waals surface area (Å²) >= 11 is 0. The monoisotopic (exact) mass is 379 g/mol. The van der Waals surface area contributed by atoms with Gasteiger partial charge in [-0.2, -0.15) is 0 Å². The summed E-state index contributed by atoms with van der Waals surface area (Å²) in [6, 6.07) is 12.2. The molecule has 28 heavy (non-hydrogen) atoms. The third-order valence-electron chi connectivity index (χ3n) is 7.19. The molecule has 4 aliphatic rings. The summed E-state index contributed by atoms with van der Waals surface area (Å²) < 4.78 is 11.2. The van der Waals surface area contributed by atoms with Crippen molar-refractivity contribution in [2.24, 2.45) is 23.7 Å². The number of benzene rings is 1. The van der Waals surface area contributed by atoms with Crippen LogP contribution in [0.2, 0.25) is 0 Å². The number of nitrogens with one attached hydrogen (secondary N) is 1. The van der Waals surface area contributed by atoms with Gasteiger partial charge in [0, 0.05) is 24.4 Å². The smallest absolute Gasteiger partial charge is 0.220 e. The fourth-order valence-corrected chi connectivity index (χ4v) is 6.08. The molecule has 0 unspecified atom stereocenters. The second kappa shape index (κ2) is 7.31. The van der Waals surface area contributed by atoms with Gasteiger partial charge in [-0.3, -0.25) is 4.79 Å². The van der Waals surface area contributed by atoms with E-state index < -0.39 is 0 Å². The molecule has 1 heterocycles. The minimum Gasteiger partial charge on any atom is -0.497 e. The molecule has 4 heteroatoms. The van der Waals surface area contributed by atoms with E-state index in [9.17, 15) is 4.79 Å². The molecule has 1 N–H and O–H groups in total. The van der Waals surface area contributed by atoms with Gasteiger partial charge in [-0.25, -0.2) is 0 Å². The molecule has 4 saturated carbocycles. The molecule has 0 spiro atoms. The molecule has 0 saturated heterocycles. The van der Waals surface area contributed by atoms with Gasteiger partial charge in [0.1, 0.15) is 17.3 Å². The molecule has 0 atom stereocenters. The lowest BCUT2D eigenvalue weighted by atomic mass is 9.54. The van der Waals surface area contributed by atoms with Crippen LogP contribution in [0, 0.1) is 23.7 Å². The maximum Gasteiger partial charge on any atom is 0.220 e. The number of hydrogen-bond acceptors (Lipinski definition) is 3. The predicted octanol–water partition coefficient (Wildman–Crippen LogP) is 4.83. The Bertz CT molecular complexity index is 810. The zero-order valence-electron chi connectivity index (χ0n) is 16.5. The minimum atomic E-state index is 0.180. The fourth-order valence-electron chi connectivity index (χ4n) is 6.08. The number of aryl methyl sites for hydroxylation is 1. The van der Waals surface area contributed by atoms with Crippen molar-refractivity contribution in [2.75, 3.05) is 7.11 Å². The van der Waals surface area contributed by atoms with Crippen LogP contribution in [0.15, 0.2) is 40.8 Å². The van der Waals surface area contributed by atoms with E-state index in [0.29, 0.717) is 18.9 Å². The quantitative estimate of drug-likeness (QED) is 0.782. The Morgan fingerprint density at radius 2 is 1.68 bits per heavy atom. The van der Waals surface area contributed by atoms with Crippen LogP contribution in [0.5, 0.6) is 5.75 Å². The SMILES string of the molecule is COc1ccc(-c2ccc(CCC(=O)NC3C4CC5CC(C4)CC3C5)o2)cc1. The first-order valence-electron chi connectivity index (χ1n) is 10.7. The molecule has 4 nitrogen and oxygen atoms in total. The Hall–Kier alpha value is -2.23. The molecule has 0 radical (unpaired) electrons. The molecular formula is C24H29NO3. The van der Waals surface area contributed by atoms with Gasteiger partial charge in [-0.05, 0) is 92.2 Å². The number of carbonyl (C=O) groups excluding carboxylic acids is 1. The second-order valence-electron chi connectivity index (χ2n) is 9.02. The molecule has 1 aromatic carbocycles. The van der Waals surface area contributed by atoms with E-state index >= 15 is 0 Å². The van der Waals surface area contributed by atoms with E-state index in [2.05, 4.69) is 5.32 Å². The van der Waals surface area contributed by atoms with E-state index in [1.807, 2.05) is 36.4 Å². The van der Waals surface area contributed by atoms with E-state index in [4.69, 9.17) is 9.15 Å². The van der Waals surface area contributed by atoms with Crippen molar-refractivity contribution in [3.05, 3.63) is 42.2 Å². The highest BCUT2D eigenvalue weighted by Gasteiger charge is 2.48. The van der Waals surface area contributed by atoms with Crippen LogP contribution in [-0.2, 0) is 11.2 Å². The molecule has 0 aliphatic heterocycles. The van der Waals surface area contributed by atoms with Crippen molar-refractivity contribution in [1.29, 1.82) is 0 Å². The maximum atomic E-state index is 12.6. The number of carbonyl (C=O) groups is 1. The first-order valence-corrected chi connectivity index (χ1v) is 10.7. The van der Waals surface area contributed by atoms with E-state index in [0.717, 1.165) is 46.5 Å². The van der Waals surface area contributed by atoms with Crippen LogP contribution >= 0.6 is 0 Å². The lowest BCUT2D eigenvalue weighted by molar-refractivity contribution is -0.125. The van der Waals surface area contributed by atoms with Gasteiger partial charge in [0.15, 0.2) is 0 Å². The average molecular weight is 380 g/mol. The minimum absolute atomic E-state index is 0.180. The summed E-state index contributed by atoms with van der Waals surface area (Å²) in [5.74, 6) is 6.04. The number of ether oxygens (including phenoxy) is 1. The van der Waals surface area contributed by atoms with Crippen molar-refractivity contribution in [3.63, 3.8) is 0 Å². The van der Waals surface area contributed by atoms with Crippen molar-refractivity contribution >= 4 is 5.91 Å². The van der Waals surface area contributed by atoms with Crippen LogP contribution in [0.1, 0.15) is 44.3 Å². The molecule has 1 amide bonds.